The van der Waals surface area contributed by atoms with Gasteiger partial charge >= 0.3 is 0 Å². The lowest BCUT2D eigenvalue weighted by Crippen LogP contribution is -2.36. The third-order valence-corrected chi connectivity index (χ3v) is 3.76. The summed E-state index contributed by atoms with van der Waals surface area (Å²) in [6, 6.07) is 6.20. The third kappa shape index (κ3) is 6.44. The van der Waals surface area contributed by atoms with Crippen molar-refractivity contribution in [2.45, 2.75) is 45.6 Å². The lowest BCUT2D eigenvalue weighted by atomic mass is 10.1. The van der Waals surface area contributed by atoms with Gasteiger partial charge in [-0.1, -0.05) is 17.7 Å². The van der Waals surface area contributed by atoms with E-state index < -0.39 is 0 Å². The summed E-state index contributed by atoms with van der Waals surface area (Å²) in [4.78, 5) is 0. The summed E-state index contributed by atoms with van der Waals surface area (Å²) >= 11 is 9.46. The summed E-state index contributed by atoms with van der Waals surface area (Å²) < 4.78 is 0.970. The number of aryl methyl sites for hydroxylation is 1. The van der Waals surface area contributed by atoms with Crippen LogP contribution in [0.3, 0.4) is 0 Å². The number of benzene rings is 1. The second kappa shape index (κ2) is 6.77. The molecule has 0 bridgehead atoms. The van der Waals surface area contributed by atoms with Gasteiger partial charge in [-0.25, -0.2) is 0 Å². The van der Waals surface area contributed by atoms with Crippen molar-refractivity contribution in [1.82, 2.24) is 5.32 Å². The van der Waals surface area contributed by atoms with Crippen molar-refractivity contribution in [1.29, 1.82) is 0 Å². The molecule has 1 N–H and O–H groups in total. The van der Waals surface area contributed by atoms with Crippen LogP contribution in [0.2, 0.25) is 5.02 Å². The molecule has 0 aliphatic heterocycles. The van der Waals surface area contributed by atoms with Gasteiger partial charge < -0.3 is 5.32 Å². The van der Waals surface area contributed by atoms with Gasteiger partial charge in [-0.2, -0.15) is 0 Å². The normalized spacial score (nSPS) is 11.8. The van der Waals surface area contributed by atoms with Gasteiger partial charge in [-0.3, -0.25) is 0 Å². The monoisotopic (exact) mass is 317 g/mol. The molecule has 17 heavy (non-hydrogen) atoms. The highest BCUT2D eigenvalue weighted by molar-refractivity contribution is 9.10. The Kier molecular flexibility index (Phi) is 5.98. The summed E-state index contributed by atoms with van der Waals surface area (Å²) in [6.45, 7) is 7.66. The fourth-order valence-electron chi connectivity index (χ4n) is 1.61. The third-order valence-electron chi connectivity index (χ3n) is 2.53. The highest BCUT2D eigenvalue weighted by Gasteiger charge is 2.07. The van der Waals surface area contributed by atoms with Crippen LogP contribution in [0, 0.1) is 0 Å². The first-order valence-corrected chi connectivity index (χ1v) is 7.24. The lowest BCUT2D eigenvalue weighted by molar-refractivity contribution is 0.419. The standard InChI is InChI=1S/C14H21BrClN/c1-14(2,3)17-9-5-4-6-11-7-8-12(15)13(16)10-11/h7-8,10,17H,4-6,9H2,1-3H3. The predicted molar refractivity (Wildman–Crippen MR) is 79.8 cm³/mol. The maximum absolute atomic E-state index is 6.05. The summed E-state index contributed by atoms with van der Waals surface area (Å²) in [6.07, 6.45) is 3.49. The van der Waals surface area contributed by atoms with Crippen molar-refractivity contribution in [3.63, 3.8) is 0 Å². The zero-order valence-electron chi connectivity index (χ0n) is 10.8. The van der Waals surface area contributed by atoms with Crippen LogP contribution >= 0.6 is 27.5 Å². The SMILES string of the molecule is CC(C)(C)NCCCCc1ccc(Br)c(Cl)c1. The van der Waals surface area contributed by atoms with E-state index in [0.717, 1.165) is 22.5 Å². The molecule has 0 saturated carbocycles. The fourth-order valence-corrected chi connectivity index (χ4v) is 2.06. The average Bonchev–Trinajstić information content (AvgIpc) is 2.21. The first kappa shape index (κ1) is 15.0. The Bertz CT molecular complexity index is 358. The van der Waals surface area contributed by atoms with E-state index in [1.54, 1.807) is 0 Å². The van der Waals surface area contributed by atoms with Crippen LogP contribution < -0.4 is 5.32 Å². The molecule has 0 aromatic heterocycles. The van der Waals surface area contributed by atoms with Crippen LogP contribution in [-0.4, -0.2) is 12.1 Å². The largest absolute Gasteiger partial charge is 0.312 e. The Morgan fingerprint density at radius 1 is 1.24 bits per heavy atom. The molecule has 0 aliphatic carbocycles. The van der Waals surface area contributed by atoms with E-state index in [0.29, 0.717) is 0 Å². The van der Waals surface area contributed by atoms with Gasteiger partial charge in [0.1, 0.15) is 0 Å². The zero-order chi connectivity index (χ0) is 12.9. The quantitative estimate of drug-likeness (QED) is 0.768. The van der Waals surface area contributed by atoms with E-state index in [1.165, 1.54) is 18.4 Å². The maximum Gasteiger partial charge on any atom is 0.0550 e. The molecule has 1 aromatic carbocycles. The lowest BCUT2D eigenvalue weighted by Gasteiger charge is -2.20. The molecule has 0 saturated heterocycles. The van der Waals surface area contributed by atoms with E-state index in [4.69, 9.17) is 11.6 Å². The van der Waals surface area contributed by atoms with Gasteiger partial charge in [0.2, 0.25) is 0 Å². The van der Waals surface area contributed by atoms with Crippen molar-refractivity contribution >= 4 is 27.5 Å². The fraction of sp³-hybridized carbons (Fsp3) is 0.571. The Morgan fingerprint density at radius 2 is 1.94 bits per heavy atom. The molecule has 0 spiro atoms. The smallest absolute Gasteiger partial charge is 0.0550 e. The molecular formula is C14H21BrClN. The minimum atomic E-state index is 0.223. The van der Waals surface area contributed by atoms with E-state index in [-0.39, 0.29) is 5.54 Å². The Hall–Kier alpha value is -0.0500. The second-order valence-electron chi connectivity index (χ2n) is 5.38. The summed E-state index contributed by atoms with van der Waals surface area (Å²) in [5.41, 5.74) is 1.54. The van der Waals surface area contributed by atoms with Gasteiger partial charge in [-0.05, 0) is 80.2 Å². The molecule has 96 valence electrons. The molecule has 1 nitrogen and oxygen atoms in total. The topological polar surface area (TPSA) is 12.0 Å². The molecule has 0 unspecified atom stereocenters. The van der Waals surface area contributed by atoms with Gasteiger partial charge in [0.25, 0.3) is 0 Å². The summed E-state index contributed by atoms with van der Waals surface area (Å²) in [5, 5.41) is 4.30. The Labute approximate surface area is 118 Å². The average molecular weight is 319 g/mol. The Morgan fingerprint density at radius 3 is 2.53 bits per heavy atom. The number of unbranched alkanes of at least 4 members (excludes halogenated alkanes) is 1. The number of nitrogens with one attached hydrogen (secondary N) is 1. The zero-order valence-corrected chi connectivity index (χ0v) is 13.2. The van der Waals surface area contributed by atoms with Crippen molar-refractivity contribution in [3.8, 4) is 0 Å². The van der Waals surface area contributed by atoms with Gasteiger partial charge in [0, 0.05) is 10.0 Å². The van der Waals surface area contributed by atoms with E-state index >= 15 is 0 Å². The predicted octanol–water partition coefficient (Wildman–Crippen LogP) is 4.81. The van der Waals surface area contributed by atoms with Crippen molar-refractivity contribution in [3.05, 3.63) is 33.3 Å². The van der Waals surface area contributed by atoms with E-state index in [1.807, 2.05) is 12.1 Å². The molecule has 0 radical (unpaired) electrons. The van der Waals surface area contributed by atoms with E-state index in [2.05, 4.69) is 48.1 Å². The molecule has 0 atom stereocenters. The first-order chi connectivity index (χ1) is 7.88. The molecule has 1 rings (SSSR count). The highest BCUT2D eigenvalue weighted by Crippen LogP contribution is 2.23. The summed E-state index contributed by atoms with van der Waals surface area (Å²) in [7, 11) is 0. The molecule has 0 fully saturated rings. The van der Waals surface area contributed by atoms with Crippen LogP contribution in [0.4, 0.5) is 0 Å². The van der Waals surface area contributed by atoms with Crippen LogP contribution in [0.15, 0.2) is 22.7 Å². The second-order valence-corrected chi connectivity index (χ2v) is 6.64. The van der Waals surface area contributed by atoms with Crippen LogP contribution in [0.1, 0.15) is 39.2 Å². The van der Waals surface area contributed by atoms with Crippen LogP contribution in [-0.2, 0) is 6.42 Å². The van der Waals surface area contributed by atoms with Crippen molar-refractivity contribution in [2.75, 3.05) is 6.54 Å². The minimum Gasteiger partial charge on any atom is -0.312 e. The molecule has 0 amide bonds. The van der Waals surface area contributed by atoms with Crippen molar-refractivity contribution in [2.24, 2.45) is 0 Å². The molecule has 1 aromatic rings. The van der Waals surface area contributed by atoms with Crippen LogP contribution in [0.25, 0.3) is 0 Å². The first-order valence-electron chi connectivity index (χ1n) is 6.07. The number of hydrogen-bond donors (Lipinski definition) is 1. The number of hydrogen-bond acceptors (Lipinski definition) is 1. The van der Waals surface area contributed by atoms with Gasteiger partial charge in [0.15, 0.2) is 0 Å². The number of halogens is 2. The van der Waals surface area contributed by atoms with Crippen LogP contribution in [0.5, 0.6) is 0 Å². The maximum atomic E-state index is 6.05. The number of rotatable bonds is 5. The Balaban J connectivity index is 2.25. The highest BCUT2D eigenvalue weighted by atomic mass is 79.9. The van der Waals surface area contributed by atoms with Gasteiger partial charge in [0.05, 0.1) is 5.02 Å². The van der Waals surface area contributed by atoms with E-state index in [9.17, 15) is 0 Å². The van der Waals surface area contributed by atoms with Gasteiger partial charge in [-0.15, -0.1) is 0 Å². The molecular weight excluding hydrogens is 298 g/mol. The molecule has 3 heteroatoms. The molecule has 0 heterocycles. The minimum absolute atomic E-state index is 0.223. The molecule has 0 aliphatic rings. The van der Waals surface area contributed by atoms with Crippen molar-refractivity contribution < 1.29 is 0 Å². The summed E-state index contributed by atoms with van der Waals surface area (Å²) in [5.74, 6) is 0.